The molecule has 1 heterocycles. The molecule has 1 nitrogen and oxygen atoms in total. The van der Waals surface area contributed by atoms with Crippen LogP contribution in [0.15, 0.2) is 18.2 Å². The van der Waals surface area contributed by atoms with Crippen LogP contribution in [0.3, 0.4) is 0 Å². The second-order valence-electron chi connectivity index (χ2n) is 3.90. The van der Waals surface area contributed by atoms with Gasteiger partial charge in [0.1, 0.15) is 5.82 Å². The molecule has 0 saturated heterocycles. The quantitative estimate of drug-likeness (QED) is 0.681. The van der Waals surface area contributed by atoms with Crippen molar-refractivity contribution in [2.45, 2.75) is 19.3 Å². The standard InChI is InChI=1S/C10H12FN.ClH/c1-10(2)6-12-9-7(10)4-3-5-8(9)11;/h3-5,12H,6H2,1-2H3;1H. The van der Waals surface area contributed by atoms with E-state index in [1.54, 1.807) is 6.07 Å². The highest BCUT2D eigenvalue weighted by molar-refractivity contribution is 5.85. The van der Waals surface area contributed by atoms with E-state index in [1.165, 1.54) is 6.07 Å². The number of para-hydroxylation sites is 1. The first-order valence-electron chi connectivity index (χ1n) is 4.14. The van der Waals surface area contributed by atoms with Gasteiger partial charge in [-0.05, 0) is 11.6 Å². The molecular weight excluding hydrogens is 189 g/mol. The van der Waals surface area contributed by atoms with Crippen LogP contribution in [-0.4, -0.2) is 6.54 Å². The van der Waals surface area contributed by atoms with Crippen LogP contribution in [0, 0.1) is 5.82 Å². The van der Waals surface area contributed by atoms with Gasteiger partial charge in [-0.3, -0.25) is 0 Å². The number of benzene rings is 1. The molecule has 0 amide bonds. The lowest BCUT2D eigenvalue weighted by Gasteiger charge is -2.16. The highest BCUT2D eigenvalue weighted by Crippen LogP contribution is 2.37. The zero-order chi connectivity index (χ0) is 8.77. The molecule has 0 atom stereocenters. The van der Waals surface area contributed by atoms with Gasteiger partial charge in [0.25, 0.3) is 0 Å². The molecule has 1 aromatic rings. The van der Waals surface area contributed by atoms with E-state index in [-0.39, 0.29) is 23.6 Å². The molecule has 2 rings (SSSR count). The Morgan fingerprint density at radius 3 is 2.69 bits per heavy atom. The number of hydrogen-bond acceptors (Lipinski definition) is 1. The number of rotatable bonds is 0. The van der Waals surface area contributed by atoms with Gasteiger partial charge in [0, 0.05) is 12.0 Å². The fraction of sp³-hybridized carbons (Fsp3) is 0.400. The Balaban J connectivity index is 0.000000845. The van der Waals surface area contributed by atoms with Gasteiger partial charge in [0.15, 0.2) is 0 Å². The largest absolute Gasteiger partial charge is 0.382 e. The highest BCUT2D eigenvalue weighted by atomic mass is 35.5. The van der Waals surface area contributed by atoms with E-state index in [0.29, 0.717) is 5.69 Å². The summed E-state index contributed by atoms with van der Waals surface area (Å²) in [5, 5.41) is 3.08. The van der Waals surface area contributed by atoms with Crippen LogP contribution in [0.1, 0.15) is 19.4 Å². The van der Waals surface area contributed by atoms with E-state index in [4.69, 9.17) is 0 Å². The van der Waals surface area contributed by atoms with Crippen LogP contribution in [0.5, 0.6) is 0 Å². The van der Waals surface area contributed by atoms with Crippen molar-refractivity contribution in [1.82, 2.24) is 0 Å². The lowest BCUT2D eigenvalue weighted by atomic mass is 9.87. The number of nitrogens with one attached hydrogen (secondary N) is 1. The summed E-state index contributed by atoms with van der Waals surface area (Å²) in [6.45, 7) is 5.06. The summed E-state index contributed by atoms with van der Waals surface area (Å²) in [5.41, 5.74) is 1.84. The van der Waals surface area contributed by atoms with Crippen molar-refractivity contribution >= 4 is 18.1 Å². The van der Waals surface area contributed by atoms with Crippen molar-refractivity contribution in [2.75, 3.05) is 11.9 Å². The van der Waals surface area contributed by atoms with E-state index in [9.17, 15) is 4.39 Å². The molecule has 13 heavy (non-hydrogen) atoms. The molecule has 1 N–H and O–H groups in total. The number of fused-ring (bicyclic) bond motifs is 1. The van der Waals surface area contributed by atoms with Crippen LogP contribution in [0.25, 0.3) is 0 Å². The fourth-order valence-electron chi connectivity index (χ4n) is 1.67. The van der Waals surface area contributed by atoms with Gasteiger partial charge in [0.05, 0.1) is 5.69 Å². The number of halogens is 2. The van der Waals surface area contributed by atoms with Gasteiger partial charge < -0.3 is 5.32 Å². The molecule has 0 unspecified atom stereocenters. The highest BCUT2D eigenvalue weighted by Gasteiger charge is 2.30. The maximum atomic E-state index is 13.2. The summed E-state index contributed by atoms with van der Waals surface area (Å²) in [6, 6.07) is 5.24. The van der Waals surface area contributed by atoms with Crippen LogP contribution in [0.4, 0.5) is 10.1 Å². The minimum atomic E-state index is -0.141. The maximum absolute atomic E-state index is 13.2. The lowest BCUT2D eigenvalue weighted by Crippen LogP contribution is -2.18. The van der Waals surface area contributed by atoms with E-state index in [0.717, 1.165) is 12.1 Å². The van der Waals surface area contributed by atoms with Crippen molar-refractivity contribution < 1.29 is 4.39 Å². The zero-order valence-electron chi connectivity index (χ0n) is 7.73. The summed E-state index contributed by atoms with van der Waals surface area (Å²) in [4.78, 5) is 0. The third-order valence-corrected chi connectivity index (χ3v) is 2.45. The molecule has 0 spiro atoms. The number of anilines is 1. The summed E-state index contributed by atoms with van der Waals surface area (Å²) in [5.74, 6) is -0.141. The average Bonchev–Trinajstić information content (AvgIpc) is 2.30. The average molecular weight is 202 g/mol. The van der Waals surface area contributed by atoms with E-state index < -0.39 is 0 Å². The van der Waals surface area contributed by atoms with E-state index in [2.05, 4.69) is 19.2 Å². The Bertz CT molecular complexity index is 323. The Labute approximate surface area is 83.8 Å². The van der Waals surface area contributed by atoms with Crippen LogP contribution in [0.2, 0.25) is 0 Å². The summed E-state index contributed by atoms with van der Waals surface area (Å²) in [6.07, 6.45) is 0. The van der Waals surface area contributed by atoms with Gasteiger partial charge in [-0.2, -0.15) is 0 Å². The summed E-state index contributed by atoms with van der Waals surface area (Å²) < 4.78 is 13.2. The molecule has 0 saturated carbocycles. The molecule has 0 fully saturated rings. The van der Waals surface area contributed by atoms with Crippen molar-refractivity contribution in [2.24, 2.45) is 0 Å². The second-order valence-corrected chi connectivity index (χ2v) is 3.90. The fourth-order valence-corrected chi connectivity index (χ4v) is 1.67. The molecule has 0 aromatic heterocycles. The van der Waals surface area contributed by atoms with Crippen molar-refractivity contribution in [1.29, 1.82) is 0 Å². The minimum Gasteiger partial charge on any atom is -0.382 e. The van der Waals surface area contributed by atoms with Gasteiger partial charge in [0.2, 0.25) is 0 Å². The smallest absolute Gasteiger partial charge is 0.146 e. The van der Waals surface area contributed by atoms with Crippen LogP contribution in [-0.2, 0) is 5.41 Å². The SMILES string of the molecule is CC1(C)CNc2c(F)cccc21.Cl. The molecule has 0 aliphatic carbocycles. The molecule has 0 radical (unpaired) electrons. The molecule has 0 bridgehead atoms. The molecule has 3 heteroatoms. The van der Waals surface area contributed by atoms with Gasteiger partial charge in [-0.15, -0.1) is 12.4 Å². The molecule has 1 aliphatic rings. The molecule has 1 aromatic carbocycles. The molecular formula is C10H13ClFN. The van der Waals surface area contributed by atoms with Gasteiger partial charge in [-0.1, -0.05) is 26.0 Å². The molecule has 72 valence electrons. The minimum absolute atomic E-state index is 0. The van der Waals surface area contributed by atoms with Gasteiger partial charge in [-0.25, -0.2) is 4.39 Å². The molecule has 1 aliphatic heterocycles. The van der Waals surface area contributed by atoms with Crippen LogP contribution >= 0.6 is 12.4 Å². The lowest BCUT2D eigenvalue weighted by molar-refractivity contribution is 0.584. The van der Waals surface area contributed by atoms with Crippen molar-refractivity contribution in [3.63, 3.8) is 0 Å². The Kier molecular flexibility index (Phi) is 2.53. The summed E-state index contributed by atoms with van der Waals surface area (Å²) >= 11 is 0. The van der Waals surface area contributed by atoms with Crippen molar-refractivity contribution in [3.05, 3.63) is 29.6 Å². The zero-order valence-corrected chi connectivity index (χ0v) is 8.54. The predicted molar refractivity (Wildman–Crippen MR) is 55.2 cm³/mol. The first kappa shape index (κ1) is 10.3. The third-order valence-electron chi connectivity index (χ3n) is 2.45. The Hall–Kier alpha value is -0.760. The van der Waals surface area contributed by atoms with Crippen LogP contribution < -0.4 is 5.32 Å². The second kappa shape index (κ2) is 3.18. The Morgan fingerprint density at radius 2 is 2.08 bits per heavy atom. The van der Waals surface area contributed by atoms with Crippen molar-refractivity contribution in [3.8, 4) is 0 Å². The summed E-state index contributed by atoms with van der Waals surface area (Å²) in [7, 11) is 0. The maximum Gasteiger partial charge on any atom is 0.146 e. The predicted octanol–water partition coefficient (Wildman–Crippen LogP) is 2.95. The monoisotopic (exact) mass is 201 g/mol. The Morgan fingerprint density at radius 1 is 1.38 bits per heavy atom. The van der Waals surface area contributed by atoms with E-state index in [1.807, 2.05) is 6.07 Å². The number of hydrogen-bond donors (Lipinski definition) is 1. The third kappa shape index (κ3) is 1.51. The van der Waals surface area contributed by atoms with E-state index >= 15 is 0 Å². The first-order valence-corrected chi connectivity index (χ1v) is 4.14. The topological polar surface area (TPSA) is 12.0 Å². The normalized spacial score (nSPS) is 17.2. The first-order chi connectivity index (χ1) is 5.61. The van der Waals surface area contributed by atoms with Gasteiger partial charge >= 0.3 is 0 Å².